The van der Waals surface area contributed by atoms with Gasteiger partial charge in [-0.25, -0.2) is 0 Å². The third kappa shape index (κ3) is 2.96. The second kappa shape index (κ2) is 7.73. The molecule has 39 heavy (non-hydrogen) atoms. The number of H-pyrrole nitrogens is 1. The first kappa shape index (κ1) is 23.3. The number of fused-ring (bicyclic) bond motifs is 1. The molecule has 3 heterocycles. The number of ether oxygens (including phenoxy) is 1. The number of piperidine rings is 1. The number of para-hydroxylation sites is 1. The minimum absolute atomic E-state index is 0.0363. The summed E-state index contributed by atoms with van der Waals surface area (Å²) in [6.45, 7) is 1.84. The Kier molecular flexibility index (Phi) is 4.61. The van der Waals surface area contributed by atoms with Crippen molar-refractivity contribution in [2.45, 2.75) is 67.7 Å². The first-order valence-corrected chi connectivity index (χ1v) is 13.9. The fourth-order valence-corrected chi connectivity index (χ4v) is 8.36. The number of rotatable bonds is 5. The quantitative estimate of drug-likeness (QED) is 0.293. The van der Waals surface area contributed by atoms with Gasteiger partial charge < -0.3 is 25.3 Å². The number of aromatic amines is 1. The number of benzene rings is 2. The van der Waals surface area contributed by atoms with E-state index in [0.29, 0.717) is 53.8 Å². The average molecular weight is 531 g/mol. The van der Waals surface area contributed by atoms with Crippen LogP contribution in [0.4, 0.5) is 5.69 Å². The molecule has 0 radical (unpaired) electrons. The molecule has 2 bridgehead atoms. The monoisotopic (exact) mass is 530 g/mol. The van der Waals surface area contributed by atoms with Crippen LogP contribution in [-0.4, -0.2) is 67.8 Å². The maximum absolute atomic E-state index is 13.7. The lowest BCUT2D eigenvalue weighted by Crippen LogP contribution is -2.78. The highest BCUT2D eigenvalue weighted by Crippen LogP contribution is 2.65. The van der Waals surface area contributed by atoms with Gasteiger partial charge in [0.25, 0.3) is 11.6 Å². The summed E-state index contributed by atoms with van der Waals surface area (Å²) in [7, 11) is 0. The second-order valence-corrected chi connectivity index (χ2v) is 12.1. The van der Waals surface area contributed by atoms with Crippen molar-refractivity contribution in [2.24, 2.45) is 5.92 Å². The lowest BCUT2D eigenvalue weighted by atomic mass is 9.48. The molecule has 3 aromatic rings. The smallest absolute Gasteiger partial charge is 0.294 e. The van der Waals surface area contributed by atoms with E-state index in [2.05, 4.69) is 15.2 Å². The van der Waals surface area contributed by atoms with E-state index in [0.717, 1.165) is 24.2 Å². The molecule has 8 rings (SSSR count). The van der Waals surface area contributed by atoms with Gasteiger partial charge in [-0.2, -0.15) is 0 Å². The van der Waals surface area contributed by atoms with Crippen LogP contribution < -0.4 is 10.1 Å². The van der Waals surface area contributed by atoms with Crippen molar-refractivity contribution in [2.75, 3.05) is 13.1 Å². The zero-order valence-electron chi connectivity index (χ0n) is 21.4. The summed E-state index contributed by atoms with van der Waals surface area (Å²) in [5.41, 5.74) is 0.914. The summed E-state index contributed by atoms with van der Waals surface area (Å²) in [6.07, 6.45) is 5.70. The Morgan fingerprint density at radius 2 is 2.08 bits per heavy atom. The number of aromatic hydroxyl groups is 1. The van der Waals surface area contributed by atoms with E-state index in [1.54, 1.807) is 24.3 Å². The largest absolute Gasteiger partial charge is 0.504 e. The Morgan fingerprint density at radius 3 is 2.87 bits per heavy atom. The summed E-state index contributed by atoms with van der Waals surface area (Å²) >= 11 is 0. The number of aromatic nitrogens is 1. The summed E-state index contributed by atoms with van der Waals surface area (Å²) in [4.78, 5) is 30.0. The van der Waals surface area contributed by atoms with Gasteiger partial charge in [0.15, 0.2) is 11.5 Å². The Bertz CT molecular complexity index is 1560. The number of nitrogens with one attached hydrogen (secondary N) is 2. The van der Waals surface area contributed by atoms with Crippen LogP contribution in [0.25, 0.3) is 10.9 Å². The molecule has 5 aliphatic rings. The Morgan fingerprint density at radius 1 is 1.23 bits per heavy atom. The lowest BCUT2D eigenvalue weighted by Gasteiger charge is -2.64. The van der Waals surface area contributed by atoms with E-state index in [1.807, 2.05) is 6.07 Å². The molecule has 1 saturated heterocycles. The number of carbonyl (C=O) groups excluding carboxylic acids is 1. The molecule has 10 heteroatoms. The van der Waals surface area contributed by atoms with Crippen LogP contribution in [-0.2, 0) is 11.8 Å². The van der Waals surface area contributed by atoms with Gasteiger partial charge in [0, 0.05) is 18.2 Å². The van der Waals surface area contributed by atoms with Crippen LogP contribution in [0.1, 0.15) is 53.6 Å². The van der Waals surface area contributed by atoms with E-state index >= 15 is 0 Å². The fraction of sp³-hybridized carbons (Fsp3) is 0.483. The molecular weight excluding hydrogens is 500 g/mol. The van der Waals surface area contributed by atoms with Crippen molar-refractivity contribution in [1.82, 2.24) is 15.2 Å². The normalized spacial score (nSPS) is 32.5. The van der Waals surface area contributed by atoms with Gasteiger partial charge in [-0.05, 0) is 74.8 Å². The molecule has 2 aromatic carbocycles. The molecule has 1 aromatic heterocycles. The molecule has 2 saturated carbocycles. The Labute approximate surface area is 224 Å². The molecule has 3 aliphatic carbocycles. The number of phenols is 1. The van der Waals surface area contributed by atoms with Crippen molar-refractivity contribution >= 4 is 22.5 Å². The van der Waals surface area contributed by atoms with Crippen LogP contribution in [0.3, 0.4) is 0 Å². The Balaban J connectivity index is 1.18. The molecule has 5 atom stereocenters. The first-order valence-electron chi connectivity index (χ1n) is 13.9. The predicted octanol–water partition coefficient (Wildman–Crippen LogP) is 3.14. The van der Waals surface area contributed by atoms with Gasteiger partial charge in [0.2, 0.25) is 0 Å². The number of aliphatic hydroxyl groups is 1. The molecule has 0 unspecified atom stereocenters. The fourth-order valence-electron chi connectivity index (χ4n) is 8.36. The van der Waals surface area contributed by atoms with Gasteiger partial charge in [-0.3, -0.25) is 19.8 Å². The van der Waals surface area contributed by atoms with Crippen LogP contribution in [0.5, 0.6) is 11.5 Å². The third-order valence-corrected chi connectivity index (χ3v) is 10.2. The van der Waals surface area contributed by atoms with Crippen molar-refractivity contribution < 1.29 is 24.7 Å². The van der Waals surface area contributed by atoms with E-state index in [9.17, 15) is 25.1 Å². The average Bonchev–Trinajstić information content (AvgIpc) is 3.49. The summed E-state index contributed by atoms with van der Waals surface area (Å²) in [5, 5.41) is 38.4. The van der Waals surface area contributed by atoms with Gasteiger partial charge in [-0.1, -0.05) is 12.1 Å². The molecule has 4 N–H and O–H groups in total. The van der Waals surface area contributed by atoms with Gasteiger partial charge in [0.1, 0.15) is 6.10 Å². The molecule has 2 aliphatic heterocycles. The number of carbonyl (C=O) groups is 1. The van der Waals surface area contributed by atoms with E-state index < -0.39 is 28.1 Å². The molecular formula is C29H30N4O6. The van der Waals surface area contributed by atoms with E-state index in [4.69, 9.17) is 4.74 Å². The number of nitrogens with zero attached hydrogens (tertiary/aromatic N) is 2. The molecule has 10 nitrogen and oxygen atoms in total. The first-order chi connectivity index (χ1) is 18.8. The van der Waals surface area contributed by atoms with E-state index in [1.165, 1.54) is 19.0 Å². The van der Waals surface area contributed by atoms with Gasteiger partial charge in [0.05, 0.1) is 44.6 Å². The number of amides is 1. The van der Waals surface area contributed by atoms with Crippen molar-refractivity contribution in [1.29, 1.82) is 0 Å². The van der Waals surface area contributed by atoms with Gasteiger partial charge >= 0.3 is 0 Å². The minimum atomic E-state index is -1.03. The number of likely N-dealkylation sites (tertiary alicyclic amines) is 1. The topological polar surface area (TPSA) is 141 Å². The second-order valence-electron chi connectivity index (χ2n) is 12.1. The third-order valence-electron chi connectivity index (χ3n) is 10.2. The van der Waals surface area contributed by atoms with Crippen LogP contribution in [0, 0.1) is 16.0 Å². The summed E-state index contributed by atoms with van der Waals surface area (Å²) < 4.78 is 6.54. The highest BCUT2D eigenvalue weighted by Gasteiger charge is 2.73. The van der Waals surface area contributed by atoms with Crippen molar-refractivity contribution in [3.8, 4) is 11.5 Å². The van der Waals surface area contributed by atoms with Gasteiger partial charge in [-0.15, -0.1) is 0 Å². The maximum Gasteiger partial charge on any atom is 0.294 e. The molecule has 1 spiro atoms. The SMILES string of the molecule is O=C(N[C@@H]1CC[C@@]2(O)[C@H]3Cc4ccc(O)c5c4[C@@]2(CCN3CC2CC2)[C@H]1O5)c1cccc2c([N+](=O)[O-])c[nH]c12. The standard InChI is InChI=1S/C29H30N4O6/c34-21-7-6-16-12-22-29(36)9-8-19(31-27(35)18-3-1-2-17-20(33(37)38)13-30-24(17)18)26-28(29,23(16)25(21)39-26)10-11-32(22)14-15-4-5-15/h1-3,6-7,13,15,19,22,26,30,34,36H,4-5,8-12,14H2,(H,31,35)/t19-,22-,26+,28+,29-/m1/s1. The van der Waals surface area contributed by atoms with Crippen molar-refractivity contribution in [3.63, 3.8) is 0 Å². The maximum atomic E-state index is 13.7. The number of nitro groups is 1. The van der Waals surface area contributed by atoms with E-state index in [-0.39, 0.29) is 23.4 Å². The Hall–Kier alpha value is -3.63. The summed E-state index contributed by atoms with van der Waals surface area (Å²) in [5.74, 6) is 0.851. The summed E-state index contributed by atoms with van der Waals surface area (Å²) in [6, 6.07) is 8.12. The van der Waals surface area contributed by atoms with Crippen LogP contribution >= 0.6 is 0 Å². The lowest BCUT2D eigenvalue weighted by molar-refractivity contribution is -0.383. The highest BCUT2D eigenvalue weighted by molar-refractivity contribution is 6.08. The predicted molar refractivity (Wildman–Crippen MR) is 141 cm³/mol. The zero-order valence-corrected chi connectivity index (χ0v) is 21.4. The number of hydrogen-bond acceptors (Lipinski definition) is 7. The zero-order chi connectivity index (χ0) is 26.7. The number of phenolic OH excluding ortho intramolecular Hbond substituents is 1. The van der Waals surface area contributed by atoms with Crippen LogP contribution in [0.2, 0.25) is 0 Å². The molecule has 1 amide bonds. The molecule has 3 fully saturated rings. The van der Waals surface area contributed by atoms with Crippen LogP contribution in [0.15, 0.2) is 36.5 Å². The highest BCUT2D eigenvalue weighted by atomic mass is 16.6. The van der Waals surface area contributed by atoms with Crippen molar-refractivity contribution in [3.05, 3.63) is 63.3 Å². The minimum Gasteiger partial charge on any atom is -0.504 e. The molecule has 202 valence electrons. The number of hydrogen-bond donors (Lipinski definition) is 4.